The van der Waals surface area contributed by atoms with Crippen LogP contribution < -0.4 is 5.32 Å². The van der Waals surface area contributed by atoms with Crippen LogP contribution in [0.1, 0.15) is 38.3 Å². The summed E-state index contributed by atoms with van der Waals surface area (Å²) < 4.78 is 1.83. The third-order valence-electron chi connectivity index (χ3n) is 5.90. The van der Waals surface area contributed by atoms with E-state index in [1.54, 1.807) is 11.8 Å². The Kier molecular flexibility index (Phi) is 4.32. The number of tetrazole rings is 1. The number of aryl methyl sites for hydroxylation is 1. The second-order valence-corrected chi connectivity index (χ2v) is 8.19. The van der Waals surface area contributed by atoms with E-state index in [2.05, 4.69) is 27.8 Å². The van der Waals surface area contributed by atoms with Gasteiger partial charge in [-0.15, -0.1) is 5.10 Å². The molecule has 2 aliphatic rings. The number of hydrogen-bond donors (Lipinski definition) is 2. The highest BCUT2D eigenvalue weighted by molar-refractivity contribution is 5.95. The van der Waals surface area contributed by atoms with E-state index in [4.69, 9.17) is 0 Å². The zero-order valence-corrected chi connectivity index (χ0v) is 16.2. The summed E-state index contributed by atoms with van der Waals surface area (Å²) in [6.07, 6.45) is 1.47. The Bertz CT molecular complexity index is 942. The lowest BCUT2D eigenvalue weighted by molar-refractivity contribution is -0.146. The number of nitrogens with zero attached hydrogens (tertiary/aromatic N) is 5. The molecule has 1 saturated carbocycles. The highest BCUT2D eigenvalue weighted by Crippen LogP contribution is 2.44. The van der Waals surface area contributed by atoms with Gasteiger partial charge >= 0.3 is 12.0 Å². The number of amides is 2. The van der Waals surface area contributed by atoms with Gasteiger partial charge < -0.3 is 15.3 Å². The molecule has 1 aromatic carbocycles. The van der Waals surface area contributed by atoms with Crippen LogP contribution in [0.5, 0.6) is 0 Å². The van der Waals surface area contributed by atoms with Crippen molar-refractivity contribution in [1.82, 2.24) is 25.1 Å². The molecule has 0 radical (unpaired) electrons. The molecule has 4 rings (SSSR count). The molecule has 148 valence electrons. The highest BCUT2D eigenvalue weighted by Gasteiger charge is 2.42. The molecule has 28 heavy (non-hydrogen) atoms. The number of benzene rings is 1. The molecule has 1 saturated heterocycles. The van der Waals surface area contributed by atoms with Gasteiger partial charge in [0, 0.05) is 18.7 Å². The van der Waals surface area contributed by atoms with Gasteiger partial charge in [-0.3, -0.25) is 4.79 Å². The van der Waals surface area contributed by atoms with Gasteiger partial charge in [0.25, 0.3) is 0 Å². The van der Waals surface area contributed by atoms with E-state index in [1.807, 2.05) is 29.8 Å². The van der Waals surface area contributed by atoms with Gasteiger partial charge in [-0.2, -0.15) is 0 Å². The zero-order chi connectivity index (χ0) is 20.1. The van der Waals surface area contributed by atoms with Crippen molar-refractivity contribution >= 4 is 17.7 Å². The first kappa shape index (κ1) is 18.4. The van der Waals surface area contributed by atoms with Crippen molar-refractivity contribution in [3.8, 4) is 11.4 Å². The third-order valence-corrected chi connectivity index (χ3v) is 5.90. The van der Waals surface area contributed by atoms with Gasteiger partial charge in [0.1, 0.15) is 0 Å². The summed E-state index contributed by atoms with van der Waals surface area (Å²) in [7, 11) is 0. The molecular formula is C19H24N6O3. The van der Waals surface area contributed by atoms with E-state index in [1.165, 1.54) is 0 Å². The van der Waals surface area contributed by atoms with E-state index < -0.39 is 11.4 Å². The molecule has 2 N–H and O–H groups in total. The van der Waals surface area contributed by atoms with Crippen molar-refractivity contribution < 1.29 is 14.7 Å². The number of rotatable bonds is 4. The van der Waals surface area contributed by atoms with Crippen LogP contribution in [0.4, 0.5) is 10.5 Å². The first-order valence-corrected chi connectivity index (χ1v) is 9.47. The van der Waals surface area contributed by atoms with Crippen LogP contribution in [0, 0.1) is 18.3 Å². The molecule has 1 unspecified atom stereocenters. The van der Waals surface area contributed by atoms with Gasteiger partial charge in [0.2, 0.25) is 0 Å². The van der Waals surface area contributed by atoms with Crippen molar-refractivity contribution in [3.05, 3.63) is 23.8 Å². The smallest absolute Gasteiger partial charge is 0.321 e. The van der Waals surface area contributed by atoms with E-state index in [0.29, 0.717) is 30.4 Å². The Morgan fingerprint density at radius 1 is 1.36 bits per heavy atom. The van der Waals surface area contributed by atoms with Crippen LogP contribution in [0.2, 0.25) is 0 Å². The normalized spacial score (nSPS) is 26.3. The first-order valence-electron chi connectivity index (χ1n) is 9.47. The minimum absolute atomic E-state index is 0.187. The Balaban J connectivity index is 1.60. The van der Waals surface area contributed by atoms with Crippen molar-refractivity contribution in [1.29, 1.82) is 0 Å². The molecule has 2 heterocycles. The maximum Gasteiger partial charge on any atom is 0.321 e. The van der Waals surface area contributed by atoms with Crippen LogP contribution in [-0.4, -0.2) is 55.3 Å². The number of carboxylic acids is 1. The molecule has 2 aromatic rings. The van der Waals surface area contributed by atoms with Crippen LogP contribution in [-0.2, 0) is 4.79 Å². The minimum atomic E-state index is -0.905. The minimum Gasteiger partial charge on any atom is -0.481 e. The number of aliphatic carboxylic acids is 1. The summed E-state index contributed by atoms with van der Waals surface area (Å²) in [6, 6.07) is 5.69. The zero-order valence-electron chi connectivity index (χ0n) is 16.2. The van der Waals surface area contributed by atoms with E-state index in [-0.39, 0.29) is 18.6 Å². The highest BCUT2D eigenvalue weighted by atomic mass is 16.4. The maximum atomic E-state index is 12.8. The van der Waals surface area contributed by atoms with Crippen molar-refractivity contribution in [3.63, 3.8) is 0 Å². The molecule has 0 bridgehead atoms. The lowest BCUT2D eigenvalue weighted by Crippen LogP contribution is -2.37. The Labute approximate surface area is 162 Å². The number of likely N-dealkylation sites (tertiary alicyclic amines) is 1. The number of carbonyl (C=O) groups is 2. The number of para-hydroxylation sites is 1. The molecule has 1 aliphatic carbocycles. The molecule has 0 spiro atoms. The standard InChI is InChI=1S/C19H24N6O3/c1-11-5-4-6-13(16-21-22-23-25(16)14-9-12(14)2)15(11)20-18(28)24-8-7-19(3,10-24)17(26)27/h4-6,12,14H,7-10H2,1-3H3,(H,20,28)(H,26,27)/t12-,14-,19?/m1/s1. The largest absolute Gasteiger partial charge is 0.481 e. The van der Waals surface area contributed by atoms with E-state index in [0.717, 1.165) is 17.5 Å². The summed E-state index contributed by atoms with van der Waals surface area (Å²) >= 11 is 0. The topological polar surface area (TPSA) is 113 Å². The fraction of sp³-hybridized carbons (Fsp3) is 0.526. The molecular weight excluding hydrogens is 360 g/mol. The Morgan fingerprint density at radius 2 is 2.11 bits per heavy atom. The second-order valence-electron chi connectivity index (χ2n) is 8.19. The van der Waals surface area contributed by atoms with Crippen LogP contribution >= 0.6 is 0 Å². The average molecular weight is 384 g/mol. The average Bonchev–Trinajstić information content (AvgIpc) is 3.06. The number of hydrogen-bond acceptors (Lipinski definition) is 5. The summed E-state index contributed by atoms with van der Waals surface area (Å²) in [6.45, 7) is 6.34. The van der Waals surface area contributed by atoms with Gasteiger partial charge in [-0.1, -0.05) is 19.1 Å². The van der Waals surface area contributed by atoms with Gasteiger partial charge in [0.15, 0.2) is 5.82 Å². The summed E-state index contributed by atoms with van der Waals surface area (Å²) in [4.78, 5) is 25.9. The molecule has 1 aromatic heterocycles. The van der Waals surface area contributed by atoms with Crippen molar-refractivity contribution in [2.24, 2.45) is 11.3 Å². The van der Waals surface area contributed by atoms with Crippen LogP contribution in [0.15, 0.2) is 18.2 Å². The molecule has 2 amide bonds. The number of carbonyl (C=O) groups excluding carboxylic acids is 1. The van der Waals surface area contributed by atoms with Crippen molar-refractivity contribution in [2.75, 3.05) is 18.4 Å². The van der Waals surface area contributed by atoms with Crippen LogP contribution in [0.3, 0.4) is 0 Å². The molecule has 9 heteroatoms. The molecule has 3 atom stereocenters. The number of urea groups is 1. The summed E-state index contributed by atoms with van der Waals surface area (Å²) in [5, 5.41) is 24.5. The van der Waals surface area contributed by atoms with E-state index in [9.17, 15) is 14.7 Å². The predicted molar refractivity (Wildman–Crippen MR) is 102 cm³/mol. The van der Waals surface area contributed by atoms with Crippen LogP contribution in [0.25, 0.3) is 11.4 Å². The number of anilines is 1. The molecule has 9 nitrogen and oxygen atoms in total. The van der Waals surface area contributed by atoms with Gasteiger partial charge in [0.05, 0.1) is 17.1 Å². The number of carboxylic acid groups (broad SMARTS) is 1. The number of nitrogens with one attached hydrogen (secondary N) is 1. The summed E-state index contributed by atoms with van der Waals surface area (Å²) in [5.74, 6) is 0.283. The summed E-state index contributed by atoms with van der Waals surface area (Å²) in [5.41, 5.74) is 1.40. The molecule has 1 aliphatic heterocycles. The van der Waals surface area contributed by atoms with Crippen molar-refractivity contribution in [2.45, 2.75) is 39.7 Å². The Morgan fingerprint density at radius 3 is 2.75 bits per heavy atom. The fourth-order valence-corrected chi connectivity index (χ4v) is 3.75. The Hall–Kier alpha value is -2.97. The van der Waals surface area contributed by atoms with E-state index >= 15 is 0 Å². The maximum absolute atomic E-state index is 12.8. The first-order chi connectivity index (χ1) is 13.3. The molecule has 2 fully saturated rings. The third kappa shape index (κ3) is 3.10. The number of aromatic nitrogens is 4. The predicted octanol–water partition coefficient (Wildman–Crippen LogP) is 2.56. The second kappa shape index (κ2) is 6.57. The van der Waals surface area contributed by atoms with Gasteiger partial charge in [-0.05, 0) is 54.7 Å². The fourth-order valence-electron chi connectivity index (χ4n) is 3.75. The SMILES string of the molecule is Cc1cccc(-c2nnnn2[C@@H]2C[C@H]2C)c1NC(=O)N1CCC(C)(C(=O)O)C1. The lowest BCUT2D eigenvalue weighted by atomic mass is 9.90. The quantitative estimate of drug-likeness (QED) is 0.837. The lowest BCUT2D eigenvalue weighted by Gasteiger charge is -2.22. The monoisotopic (exact) mass is 384 g/mol. The van der Waals surface area contributed by atoms with Gasteiger partial charge in [-0.25, -0.2) is 9.48 Å².